The molecular formula is C15H19NO4. The minimum atomic E-state index is -1.22. The molecule has 1 aliphatic heterocycles. The van der Waals surface area contributed by atoms with Crippen molar-refractivity contribution in [3.05, 3.63) is 0 Å². The molecule has 0 aromatic rings. The van der Waals surface area contributed by atoms with Crippen LogP contribution in [0.25, 0.3) is 0 Å². The van der Waals surface area contributed by atoms with E-state index in [1.807, 2.05) is 0 Å². The maximum atomic E-state index is 12.3. The van der Waals surface area contributed by atoms with Crippen molar-refractivity contribution in [2.24, 2.45) is 5.41 Å². The molecule has 1 atom stereocenters. The Morgan fingerprint density at radius 3 is 2.25 bits per heavy atom. The largest absolute Gasteiger partial charge is 0.480 e. The summed E-state index contributed by atoms with van der Waals surface area (Å²) in [5.41, 5.74) is -0.234. The summed E-state index contributed by atoms with van der Waals surface area (Å²) in [7, 11) is 0. The Kier molecular flexibility index (Phi) is 4.12. The van der Waals surface area contributed by atoms with E-state index in [1.165, 1.54) is 0 Å². The van der Waals surface area contributed by atoms with E-state index in [0.29, 0.717) is 0 Å². The lowest BCUT2D eigenvalue weighted by Crippen LogP contribution is -2.55. The van der Waals surface area contributed by atoms with Crippen LogP contribution in [0.3, 0.4) is 0 Å². The van der Waals surface area contributed by atoms with Gasteiger partial charge in [0, 0.05) is 19.3 Å². The fourth-order valence-corrected chi connectivity index (χ4v) is 3.42. The van der Waals surface area contributed by atoms with Crippen molar-refractivity contribution >= 4 is 17.8 Å². The molecule has 1 saturated heterocycles. The van der Waals surface area contributed by atoms with Crippen molar-refractivity contribution in [2.75, 3.05) is 0 Å². The van der Waals surface area contributed by atoms with E-state index in [1.54, 1.807) is 0 Å². The standard InChI is InChI=1S/C15H19NO4/c1-2-6-11(14(19)20)16-12(17)9-15(10-13(16)18)7-4-3-5-8-15/h1,11H,3-10H2,(H,19,20). The van der Waals surface area contributed by atoms with E-state index < -0.39 is 12.0 Å². The quantitative estimate of drug-likeness (QED) is 0.627. The number of carboxylic acid groups (broad SMARTS) is 1. The Morgan fingerprint density at radius 1 is 1.25 bits per heavy atom. The Morgan fingerprint density at radius 2 is 1.80 bits per heavy atom. The van der Waals surface area contributed by atoms with E-state index in [2.05, 4.69) is 5.92 Å². The molecule has 1 aliphatic carbocycles. The van der Waals surface area contributed by atoms with Crippen LogP contribution in [0.4, 0.5) is 0 Å². The molecule has 5 heteroatoms. The van der Waals surface area contributed by atoms with Gasteiger partial charge in [-0.15, -0.1) is 12.3 Å². The van der Waals surface area contributed by atoms with Crippen LogP contribution in [-0.2, 0) is 14.4 Å². The smallest absolute Gasteiger partial charge is 0.327 e. The van der Waals surface area contributed by atoms with Crippen LogP contribution in [0.1, 0.15) is 51.4 Å². The fraction of sp³-hybridized carbons (Fsp3) is 0.667. The van der Waals surface area contributed by atoms with Gasteiger partial charge in [0.25, 0.3) is 0 Å². The first-order valence-corrected chi connectivity index (χ1v) is 7.00. The van der Waals surface area contributed by atoms with Crippen molar-refractivity contribution in [1.82, 2.24) is 4.90 Å². The number of likely N-dealkylation sites (tertiary alicyclic amines) is 1. The summed E-state index contributed by atoms with van der Waals surface area (Å²) < 4.78 is 0. The van der Waals surface area contributed by atoms with Gasteiger partial charge in [-0.2, -0.15) is 0 Å². The number of hydrogen-bond donors (Lipinski definition) is 1. The second kappa shape index (κ2) is 5.66. The average Bonchev–Trinajstić information content (AvgIpc) is 2.37. The maximum Gasteiger partial charge on any atom is 0.327 e. The van der Waals surface area contributed by atoms with Gasteiger partial charge >= 0.3 is 5.97 Å². The zero-order valence-electron chi connectivity index (χ0n) is 11.4. The number of amides is 2. The second-order valence-corrected chi connectivity index (χ2v) is 5.83. The van der Waals surface area contributed by atoms with Gasteiger partial charge in [0.2, 0.25) is 11.8 Å². The molecule has 5 nitrogen and oxygen atoms in total. The second-order valence-electron chi connectivity index (χ2n) is 5.83. The van der Waals surface area contributed by atoms with Crippen LogP contribution in [0.5, 0.6) is 0 Å². The van der Waals surface area contributed by atoms with Crippen LogP contribution in [0.15, 0.2) is 0 Å². The van der Waals surface area contributed by atoms with Crippen LogP contribution < -0.4 is 0 Å². The van der Waals surface area contributed by atoms with Crippen molar-refractivity contribution in [3.63, 3.8) is 0 Å². The molecule has 1 heterocycles. The topological polar surface area (TPSA) is 74.7 Å². The number of carboxylic acids is 1. The molecule has 20 heavy (non-hydrogen) atoms. The zero-order valence-corrected chi connectivity index (χ0v) is 11.4. The lowest BCUT2D eigenvalue weighted by Gasteiger charge is -2.43. The predicted molar refractivity (Wildman–Crippen MR) is 71.5 cm³/mol. The molecule has 108 valence electrons. The normalized spacial score (nSPS) is 23.4. The third-order valence-corrected chi connectivity index (χ3v) is 4.41. The summed E-state index contributed by atoms with van der Waals surface area (Å²) in [6.07, 6.45) is 10.5. The van der Waals surface area contributed by atoms with Crippen molar-refractivity contribution in [3.8, 4) is 12.3 Å². The number of imide groups is 1. The highest BCUT2D eigenvalue weighted by atomic mass is 16.4. The Bertz CT molecular complexity index is 451. The van der Waals surface area contributed by atoms with Gasteiger partial charge in [0.1, 0.15) is 6.04 Å². The van der Waals surface area contributed by atoms with E-state index in [9.17, 15) is 14.4 Å². The van der Waals surface area contributed by atoms with Crippen LogP contribution in [0, 0.1) is 17.8 Å². The summed E-state index contributed by atoms with van der Waals surface area (Å²) >= 11 is 0. The number of aliphatic carboxylic acids is 1. The Hall–Kier alpha value is -1.83. The highest BCUT2D eigenvalue weighted by molar-refractivity contribution is 6.02. The number of nitrogens with zero attached hydrogens (tertiary/aromatic N) is 1. The molecule has 0 aromatic heterocycles. The Balaban J connectivity index is 2.18. The maximum absolute atomic E-state index is 12.3. The van der Waals surface area contributed by atoms with Crippen LogP contribution >= 0.6 is 0 Å². The molecule has 2 aliphatic rings. The summed E-state index contributed by atoms with van der Waals surface area (Å²) in [6, 6.07) is -1.22. The molecule has 2 rings (SSSR count). The highest BCUT2D eigenvalue weighted by Crippen LogP contribution is 2.45. The molecular weight excluding hydrogens is 258 g/mol. The molecule has 1 unspecified atom stereocenters. The van der Waals surface area contributed by atoms with Crippen molar-refractivity contribution < 1.29 is 19.5 Å². The number of hydrogen-bond acceptors (Lipinski definition) is 3. The van der Waals surface area contributed by atoms with Gasteiger partial charge < -0.3 is 5.11 Å². The summed E-state index contributed by atoms with van der Waals surface area (Å²) in [6.45, 7) is 0. The predicted octanol–water partition coefficient (Wildman–Crippen LogP) is 1.56. The number of carbonyl (C=O) groups is 3. The number of carbonyl (C=O) groups excluding carboxylic acids is 2. The number of terminal acetylenes is 1. The third kappa shape index (κ3) is 2.69. The average molecular weight is 277 g/mol. The molecule has 0 bridgehead atoms. The van der Waals surface area contributed by atoms with Gasteiger partial charge in [0.15, 0.2) is 0 Å². The number of rotatable bonds is 3. The van der Waals surface area contributed by atoms with E-state index in [0.717, 1.165) is 37.0 Å². The molecule has 1 saturated carbocycles. The summed E-state index contributed by atoms with van der Waals surface area (Å²) in [5.74, 6) is 0.246. The SMILES string of the molecule is C#CCC(C(=O)O)N1C(=O)CC2(CCCCC2)CC1=O. The first kappa shape index (κ1) is 14.6. The van der Waals surface area contributed by atoms with Crippen molar-refractivity contribution in [1.29, 1.82) is 0 Å². The van der Waals surface area contributed by atoms with E-state index in [4.69, 9.17) is 11.5 Å². The first-order chi connectivity index (χ1) is 9.49. The highest BCUT2D eigenvalue weighted by Gasteiger charge is 2.47. The molecule has 2 amide bonds. The van der Waals surface area contributed by atoms with Gasteiger partial charge in [-0.25, -0.2) is 4.79 Å². The van der Waals surface area contributed by atoms with Gasteiger partial charge in [-0.3, -0.25) is 14.5 Å². The van der Waals surface area contributed by atoms with Gasteiger partial charge in [0.05, 0.1) is 0 Å². The lowest BCUT2D eigenvalue weighted by molar-refractivity contribution is -0.165. The summed E-state index contributed by atoms with van der Waals surface area (Å²) in [4.78, 5) is 36.6. The molecule has 1 spiro atoms. The van der Waals surface area contributed by atoms with E-state index >= 15 is 0 Å². The third-order valence-electron chi connectivity index (χ3n) is 4.41. The van der Waals surface area contributed by atoms with Crippen molar-refractivity contribution in [2.45, 2.75) is 57.4 Å². The molecule has 2 fully saturated rings. The fourth-order valence-electron chi connectivity index (χ4n) is 3.42. The Labute approximate surface area is 118 Å². The van der Waals surface area contributed by atoms with Crippen LogP contribution in [-0.4, -0.2) is 33.8 Å². The molecule has 0 radical (unpaired) electrons. The number of piperidine rings is 1. The monoisotopic (exact) mass is 277 g/mol. The van der Waals surface area contributed by atoms with Gasteiger partial charge in [-0.05, 0) is 18.3 Å². The minimum absolute atomic E-state index is 0.139. The molecule has 0 aromatic carbocycles. The first-order valence-electron chi connectivity index (χ1n) is 7.00. The van der Waals surface area contributed by atoms with E-state index in [-0.39, 0.29) is 36.5 Å². The minimum Gasteiger partial charge on any atom is -0.480 e. The molecule has 1 N–H and O–H groups in total. The van der Waals surface area contributed by atoms with Gasteiger partial charge in [-0.1, -0.05) is 19.3 Å². The summed E-state index contributed by atoms with van der Waals surface area (Å²) in [5, 5.41) is 9.15. The zero-order chi connectivity index (χ0) is 14.8. The van der Waals surface area contributed by atoms with Crippen LogP contribution in [0.2, 0.25) is 0 Å². The lowest BCUT2D eigenvalue weighted by atomic mass is 9.67.